The average Bonchev–Trinajstić information content (AvgIpc) is 2.29. The lowest BCUT2D eigenvalue weighted by Gasteiger charge is -2.32. The maximum absolute atomic E-state index is 13.3. The van der Waals surface area contributed by atoms with Crippen molar-refractivity contribution in [2.75, 3.05) is 31.1 Å². The number of nitrogens with zero attached hydrogens (tertiary/aromatic N) is 1. The molecule has 0 aromatic heterocycles. The standard InChI is InChI=1S/C13H19FN2/c1-10(2)12-4-3-11(14)9-13(12)16-7-5-15-6-8-16/h3-4,9-10,15H,5-8H2,1-2H3. The lowest BCUT2D eigenvalue weighted by molar-refractivity contribution is 0.581. The van der Waals surface area contributed by atoms with E-state index in [9.17, 15) is 4.39 Å². The van der Waals surface area contributed by atoms with E-state index in [1.54, 1.807) is 12.1 Å². The second-order valence-corrected chi connectivity index (χ2v) is 4.59. The van der Waals surface area contributed by atoms with Crippen molar-refractivity contribution in [2.24, 2.45) is 0 Å². The molecule has 0 amide bonds. The monoisotopic (exact) mass is 222 g/mol. The third-order valence-corrected chi connectivity index (χ3v) is 3.07. The number of halogens is 1. The van der Waals surface area contributed by atoms with Gasteiger partial charge in [0.2, 0.25) is 0 Å². The molecule has 2 nitrogen and oxygen atoms in total. The van der Waals surface area contributed by atoms with Crippen LogP contribution in [0.25, 0.3) is 0 Å². The van der Waals surface area contributed by atoms with E-state index in [0.29, 0.717) is 5.92 Å². The van der Waals surface area contributed by atoms with Gasteiger partial charge in [-0.2, -0.15) is 0 Å². The highest BCUT2D eigenvalue weighted by molar-refractivity contribution is 5.55. The molecule has 3 heteroatoms. The summed E-state index contributed by atoms with van der Waals surface area (Å²) in [4.78, 5) is 2.27. The summed E-state index contributed by atoms with van der Waals surface area (Å²) in [7, 11) is 0. The molecule has 1 saturated heterocycles. The molecule has 1 fully saturated rings. The first-order chi connectivity index (χ1) is 7.68. The van der Waals surface area contributed by atoms with Crippen molar-refractivity contribution >= 4 is 5.69 Å². The van der Waals surface area contributed by atoms with Crippen molar-refractivity contribution in [3.05, 3.63) is 29.6 Å². The maximum Gasteiger partial charge on any atom is 0.125 e. The third kappa shape index (κ3) is 2.35. The summed E-state index contributed by atoms with van der Waals surface area (Å²) in [5.74, 6) is 0.295. The van der Waals surface area contributed by atoms with Gasteiger partial charge < -0.3 is 10.2 Å². The molecular weight excluding hydrogens is 203 g/mol. The van der Waals surface area contributed by atoms with Crippen LogP contribution in [0.3, 0.4) is 0 Å². The topological polar surface area (TPSA) is 15.3 Å². The first-order valence-corrected chi connectivity index (χ1v) is 5.93. The first-order valence-electron chi connectivity index (χ1n) is 5.93. The second kappa shape index (κ2) is 4.83. The van der Waals surface area contributed by atoms with E-state index in [-0.39, 0.29) is 5.82 Å². The molecule has 2 rings (SSSR count). The maximum atomic E-state index is 13.3. The fourth-order valence-corrected chi connectivity index (χ4v) is 2.18. The van der Waals surface area contributed by atoms with Crippen LogP contribution in [0.1, 0.15) is 25.3 Å². The van der Waals surface area contributed by atoms with Gasteiger partial charge in [-0.3, -0.25) is 0 Å². The van der Waals surface area contributed by atoms with Gasteiger partial charge in [0.1, 0.15) is 5.82 Å². The van der Waals surface area contributed by atoms with Gasteiger partial charge in [0.25, 0.3) is 0 Å². The van der Waals surface area contributed by atoms with E-state index in [4.69, 9.17) is 0 Å². The summed E-state index contributed by atoms with van der Waals surface area (Å²) in [6.07, 6.45) is 0. The first kappa shape index (κ1) is 11.4. The molecule has 0 spiro atoms. The van der Waals surface area contributed by atoms with Crippen LogP contribution in [0, 0.1) is 5.82 Å². The highest BCUT2D eigenvalue weighted by Crippen LogP contribution is 2.28. The fourth-order valence-electron chi connectivity index (χ4n) is 2.18. The van der Waals surface area contributed by atoms with Crippen molar-refractivity contribution in [1.29, 1.82) is 0 Å². The Balaban J connectivity index is 2.32. The molecule has 1 aromatic rings. The van der Waals surface area contributed by atoms with Gasteiger partial charge in [-0.15, -0.1) is 0 Å². The van der Waals surface area contributed by atoms with Gasteiger partial charge in [-0.25, -0.2) is 4.39 Å². The molecule has 1 heterocycles. The number of rotatable bonds is 2. The van der Waals surface area contributed by atoms with Crippen LogP contribution in [-0.4, -0.2) is 26.2 Å². The molecule has 0 saturated carbocycles. The molecule has 88 valence electrons. The Labute approximate surface area is 96.5 Å². The lowest BCUT2D eigenvalue weighted by Crippen LogP contribution is -2.44. The molecule has 1 N–H and O–H groups in total. The van der Waals surface area contributed by atoms with Crippen LogP contribution < -0.4 is 10.2 Å². The van der Waals surface area contributed by atoms with Crippen LogP contribution in [-0.2, 0) is 0 Å². The van der Waals surface area contributed by atoms with Crippen LogP contribution in [0.15, 0.2) is 18.2 Å². The molecular formula is C13H19FN2. The zero-order valence-corrected chi connectivity index (χ0v) is 9.96. The number of hydrogen-bond acceptors (Lipinski definition) is 2. The Hall–Kier alpha value is -1.09. The third-order valence-electron chi connectivity index (χ3n) is 3.07. The van der Waals surface area contributed by atoms with Crippen LogP contribution in [0.2, 0.25) is 0 Å². The number of piperazine rings is 1. The molecule has 1 aliphatic heterocycles. The molecule has 0 aliphatic carbocycles. The number of anilines is 1. The van der Waals surface area contributed by atoms with E-state index in [0.717, 1.165) is 31.9 Å². The van der Waals surface area contributed by atoms with Crippen molar-refractivity contribution in [1.82, 2.24) is 5.32 Å². The summed E-state index contributed by atoms with van der Waals surface area (Å²) in [6.45, 7) is 8.19. The number of benzene rings is 1. The Bertz CT molecular complexity index is 357. The SMILES string of the molecule is CC(C)c1ccc(F)cc1N1CCNCC1. The van der Waals surface area contributed by atoms with E-state index < -0.39 is 0 Å². The minimum absolute atomic E-state index is 0.141. The fraction of sp³-hybridized carbons (Fsp3) is 0.538. The zero-order chi connectivity index (χ0) is 11.5. The summed E-state index contributed by atoms with van der Waals surface area (Å²) >= 11 is 0. The van der Waals surface area contributed by atoms with Gasteiger partial charge >= 0.3 is 0 Å². The van der Waals surface area contributed by atoms with Crippen molar-refractivity contribution < 1.29 is 4.39 Å². The predicted molar refractivity (Wildman–Crippen MR) is 65.6 cm³/mol. The van der Waals surface area contributed by atoms with Crippen LogP contribution in [0.4, 0.5) is 10.1 Å². The largest absolute Gasteiger partial charge is 0.369 e. The average molecular weight is 222 g/mol. The smallest absolute Gasteiger partial charge is 0.125 e. The Kier molecular flexibility index (Phi) is 3.44. The molecule has 0 radical (unpaired) electrons. The molecule has 1 aromatic carbocycles. The minimum atomic E-state index is -0.141. The normalized spacial score (nSPS) is 16.9. The Morgan fingerprint density at radius 3 is 2.56 bits per heavy atom. The van der Waals surface area contributed by atoms with E-state index in [1.165, 1.54) is 5.56 Å². The predicted octanol–water partition coefficient (Wildman–Crippen LogP) is 2.36. The van der Waals surface area contributed by atoms with Gasteiger partial charge in [0.15, 0.2) is 0 Å². The number of nitrogens with one attached hydrogen (secondary N) is 1. The number of hydrogen-bond donors (Lipinski definition) is 1. The van der Waals surface area contributed by atoms with E-state index >= 15 is 0 Å². The van der Waals surface area contributed by atoms with Crippen molar-refractivity contribution in [2.45, 2.75) is 19.8 Å². The van der Waals surface area contributed by atoms with E-state index in [1.807, 2.05) is 6.07 Å². The Morgan fingerprint density at radius 1 is 1.25 bits per heavy atom. The second-order valence-electron chi connectivity index (χ2n) is 4.59. The minimum Gasteiger partial charge on any atom is -0.369 e. The Morgan fingerprint density at radius 2 is 1.94 bits per heavy atom. The van der Waals surface area contributed by atoms with Crippen LogP contribution in [0.5, 0.6) is 0 Å². The summed E-state index contributed by atoms with van der Waals surface area (Å²) in [5.41, 5.74) is 2.31. The van der Waals surface area contributed by atoms with Crippen molar-refractivity contribution in [3.63, 3.8) is 0 Å². The highest BCUT2D eigenvalue weighted by atomic mass is 19.1. The van der Waals surface area contributed by atoms with Crippen molar-refractivity contribution in [3.8, 4) is 0 Å². The van der Waals surface area contributed by atoms with Gasteiger partial charge in [-0.1, -0.05) is 19.9 Å². The summed E-state index contributed by atoms with van der Waals surface area (Å²) in [6, 6.07) is 5.14. The van der Waals surface area contributed by atoms with Gasteiger partial charge in [0, 0.05) is 31.9 Å². The van der Waals surface area contributed by atoms with Gasteiger partial charge in [-0.05, 0) is 23.6 Å². The highest BCUT2D eigenvalue weighted by Gasteiger charge is 2.16. The molecule has 0 bridgehead atoms. The molecule has 0 atom stereocenters. The summed E-state index contributed by atoms with van der Waals surface area (Å²) < 4.78 is 13.3. The molecule has 1 aliphatic rings. The zero-order valence-electron chi connectivity index (χ0n) is 9.96. The van der Waals surface area contributed by atoms with Crippen LogP contribution >= 0.6 is 0 Å². The lowest BCUT2D eigenvalue weighted by atomic mass is 10.00. The molecule has 16 heavy (non-hydrogen) atoms. The summed E-state index contributed by atoms with van der Waals surface area (Å²) in [5, 5.41) is 3.31. The molecule has 0 unspecified atom stereocenters. The van der Waals surface area contributed by atoms with Gasteiger partial charge in [0.05, 0.1) is 0 Å². The quantitative estimate of drug-likeness (QED) is 0.826. The van der Waals surface area contributed by atoms with E-state index in [2.05, 4.69) is 24.1 Å².